The van der Waals surface area contributed by atoms with Crippen LogP contribution in [-0.4, -0.2) is 55.0 Å². The van der Waals surface area contributed by atoms with Gasteiger partial charge in [-0.1, -0.05) is 0 Å². The number of rotatable bonds is 6. The summed E-state index contributed by atoms with van der Waals surface area (Å²) in [5, 5.41) is 11.6. The van der Waals surface area contributed by atoms with E-state index in [1.54, 1.807) is 6.07 Å². The van der Waals surface area contributed by atoms with E-state index in [0.29, 0.717) is 12.2 Å². The molecule has 7 nitrogen and oxygen atoms in total. The van der Waals surface area contributed by atoms with Crippen LogP contribution in [0, 0.1) is 0 Å². The molecule has 1 aliphatic heterocycles. The van der Waals surface area contributed by atoms with Crippen molar-refractivity contribution in [2.24, 2.45) is 0 Å². The maximum Gasteiger partial charge on any atom is 0.337 e. The fraction of sp³-hybridized carbons (Fsp3) is 0.429. The van der Waals surface area contributed by atoms with Crippen LogP contribution < -0.4 is 10.1 Å². The molecule has 2 rings (SSSR count). The highest BCUT2D eigenvalue weighted by Gasteiger charge is 2.28. The first kappa shape index (κ1) is 17.6. The van der Waals surface area contributed by atoms with Crippen molar-refractivity contribution in [3.05, 3.63) is 23.8 Å². The largest absolute Gasteiger partial charge is 0.497 e. The van der Waals surface area contributed by atoms with Crippen LogP contribution in [-0.2, 0) is 14.6 Å². The molecule has 2 N–H and O–H groups in total. The summed E-state index contributed by atoms with van der Waals surface area (Å²) in [5.41, 5.74) is 0.120. The topological polar surface area (TPSA) is 110 Å². The second-order valence-corrected chi connectivity index (χ2v) is 8.62. The van der Waals surface area contributed by atoms with E-state index in [-0.39, 0.29) is 39.7 Å². The Kier molecular flexibility index (Phi) is 5.53. The highest BCUT2D eigenvalue weighted by molar-refractivity contribution is 8.02. The third-order valence-electron chi connectivity index (χ3n) is 3.37. The van der Waals surface area contributed by atoms with Crippen LogP contribution in [0.5, 0.6) is 5.75 Å². The van der Waals surface area contributed by atoms with E-state index in [9.17, 15) is 23.1 Å². The SMILES string of the molecule is COc1ccc(NC(=O)CSC2CCS(=O)(=O)C2)c(C(=O)O)c1. The molecule has 23 heavy (non-hydrogen) atoms. The molecule has 0 saturated carbocycles. The third kappa shape index (κ3) is 4.87. The summed E-state index contributed by atoms with van der Waals surface area (Å²) in [6.45, 7) is 0. The van der Waals surface area contributed by atoms with Crippen LogP contribution in [0.2, 0.25) is 0 Å². The van der Waals surface area contributed by atoms with Crippen molar-refractivity contribution in [2.45, 2.75) is 11.7 Å². The number of carboxylic acid groups (broad SMARTS) is 1. The van der Waals surface area contributed by atoms with Crippen molar-refractivity contribution in [1.29, 1.82) is 0 Å². The van der Waals surface area contributed by atoms with Crippen LogP contribution in [0.4, 0.5) is 5.69 Å². The zero-order chi connectivity index (χ0) is 17.0. The number of amides is 1. The summed E-state index contributed by atoms with van der Waals surface area (Å²) >= 11 is 1.27. The first-order valence-corrected chi connectivity index (χ1v) is 9.71. The predicted molar refractivity (Wildman–Crippen MR) is 88.1 cm³/mol. The predicted octanol–water partition coefficient (Wildman–Crippen LogP) is 1.25. The van der Waals surface area contributed by atoms with E-state index in [1.807, 2.05) is 0 Å². The molecule has 0 bridgehead atoms. The van der Waals surface area contributed by atoms with Crippen molar-refractivity contribution in [3.8, 4) is 5.75 Å². The molecular weight excluding hydrogens is 342 g/mol. The molecular formula is C14H17NO6S2. The van der Waals surface area contributed by atoms with Gasteiger partial charge in [-0.05, 0) is 24.6 Å². The second-order valence-electron chi connectivity index (χ2n) is 5.10. The van der Waals surface area contributed by atoms with Gasteiger partial charge < -0.3 is 15.2 Å². The molecule has 1 unspecified atom stereocenters. The highest BCUT2D eigenvalue weighted by atomic mass is 32.2. The van der Waals surface area contributed by atoms with Gasteiger partial charge in [-0.3, -0.25) is 4.79 Å². The summed E-state index contributed by atoms with van der Waals surface area (Å²) in [5.74, 6) is -0.834. The van der Waals surface area contributed by atoms with Gasteiger partial charge in [0.15, 0.2) is 9.84 Å². The maximum atomic E-state index is 12.0. The van der Waals surface area contributed by atoms with E-state index in [2.05, 4.69) is 5.32 Å². The number of carboxylic acids is 1. The maximum absolute atomic E-state index is 12.0. The van der Waals surface area contributed by atoms with Crippen molar-refractivity contribution in [2.75, 3.05) is 29.7 Å². The van der Waals surface area contributed by atoms with E-state index in [4.69, 9.17) is 4.74 Å². The monoisotopic (exact) mass is 359 g/mol. The number of sulfone groups is 1. The zero-order valence-electron chi connectivity index (χ0n) is 12.4. The molecule has 1 atom stereocenters. The Balaban J connectivity index is 1.96. The molecule has 126 valence electrons. The second kappa shape index (κ2) is 7.22. The number of nitrogens with one attached hydrogen (secondary N) is 1. The minimum atomic E-state index is -2.97. The summed E-state index contributed by atoms with van der Waals surface area (Å²) in [6, 6.07) is 4.35. The Morgan fingerprint density at radius 2 is 2.17 bits per heavy atom. The Bertz CT molecular complexity index is 716. The van der Waals surface area contributed by atoms with Gasteiger partial charge in [0.05, 0.1) is 35.6 Å². The lowest BCUT2D eigenvalue weighted by molar-refractivity contribution is -0.113. The molecule has 1 aliphatic rings. The number of thioether (sulfide) groups is 1. The van der Waals surface area contributed by atoms with Crippen LogP contribution in [0.25, 0.3) is 0 Å². The number of carbonyl (C=O) groups excluding carboxylic acids is 1. The first-order valence-electron chi connectivity index (χ1n) is 6.84. The van der Waals surface area contributed by atoms with E-state index in [0.717, 1.165) is 0 Å². The number of aromatic carboxylic acids is 1. The summed E-state index contributed by atoms with van der Waals surface area (Å²) < 4.78 is 27.7. The number of anilines is 1. The van der Waals surface area contributed by atoms with Gasteiger partial charge in [-0.25, -0.2) is 13.2 Å². The van der Waals surface area contributed by atoms with Crippen LogP contribution >= 0.6 is 11.8 Å². The summed E-state index contributed by atoms with van der Waals surface area (Å²) in [7, 11) is -1.55. The van der Waals surface area contributed by atoms with Gasteiger partial charge in [0.2, 0.25) is 5.91 Å². The molecule has 1 aromatic rings. The Hall–Kier alpha value is -1.74. The minimum absolute atomic E-state index is 0.0638. The fourth-order valence-electron chi connectivity index (χ4n) is 2.21. The average Bonchev–Trinajstić information content (AvgIpc) is 2.84. The van der Waals surface area contributed by atoms with Gasteiger partial charge >= 0.3 is 5.97 Å². The standard InChI is InChI=1S/C14H17NO6S2/c1-21-9-2-3-12(11(6-9)14(17)18)15-13(16)7-22-10-4-5-23(19,20)8-10/h2-3,6,10H,4-5,7-8H2,1H3,(H,15,16)(H,17,18). The molecule has 1 aromatic carbocycles. The van der Waals surface area contributed by atoms with Crippen molar-refractivity contribution >= 4 is 39.2 Å². The van der Waals surface area contributed by atoms with Crippen LogP contribution in [0.3, 0.4) is 0 Å². The van der Waals surface area contributed by atoms with Gasteiger partial charge in [0.25, 0.3) is 0 Å². The van der Waals surface area contributed by atoms with Gasteiger partial charge in [-0.2, -0.15) is 0 Å². The lowest BCUT2D eigenvalue weighted by Crippen LogP contribution is -2.19. The normalized spacial score (nSPS) is 19.3. The molecule has 0 radical (unpaired) electrons. The number of benzene rings is 1. The summed E-state index contributed by atoms with van der Waals surface area (Å²) in [4.78, 5) is 23.2. The minimum Gasteiger partial charge on any atom is -0.497 e. The number of hydrogen-bond donors (Lipinski definition) is 2. The Morgan fingerprint density at radius 1 is 1.43 bits per heavy atom. The zero-order valence-corrected chi connectivity index (χ0v) is 14.1. The molecule has 1 amide bonds. The van der Waals surface area contributed by atoms with E-state index in [1.165, 1.54) is 31.0 Å². The number of methoxy groups -OCH3 is 1. The van der Waals surface area contributed by atoms with E-state index < -0.39 is 15.8 Å². The molecule has 1 heterocycles. The number of ether oxygens (including phenoxy) is 1. The van der Waals surface area contributed by atoms with Crippen molar-refractivity contribution < 1.29 is 27.9 Å². The Morgan fingerprint density at radius 3 is 2.74 bits per heavy atom. The molecule has 0 aromatic heterocycles. The van der Waals surface area contributed by atoms with Crippen molar-refractivity contribution in [1.82, 2.24) is 0 Å². The lowest BCUT2D eigenvalue weighted by Gasteiger charge is -2.11. The van der Waals surface area contributed by atoms with Crippen LogP contribution in [0.15, 0.2) is 18.2 Å². The lowest BCUT2D eigenvalue weighted by atomic mass is 10.1. The van der Waals surface area contributed by atoms with Gasteiger partial charge in [0.1, 0.15) is 5.75 Å². The fourth-order valence-corrected chi connectivity index (χ4v) is 5.65. The van der Waals surface area contributed by atoms with Gasteiger partial charge in [-0.15, -0.1) is 11.8 Å². The van der Waals surface area contributed by atoms with Crippen molar-refractivity contribution in [3.63, 3.8) is 0 Å². The number of carbonyl (C=O) groups is 2. The van der Waals surface area contributed by atoms with E-state index >= 15 is 0 Å². The molecule has 9 heteroatoms. The summed E-state index contributed by atoms with van der Waals surface area (Å²) in [6.07, 6.45) is 0.545. The average molecular weight is 359 g/mol. The highest BCUT2D eigenvalue weighted by Crippen LogP contribution is 2.25. The molecule has 0 aliphatic carbocycles. The molecule has 0 spiro atoms. The first-order chi connectivity index (χ1) is 10.8. The molecule has 1 fully saturated rings. The smallest absolute Gasteiger partial charge is 0.337 e. The molecule has 1 saturated heterocycles. The van der Waals surface area contributed by atoms with Crippen LogP contribution in [0.1, 0.15) is 16.8 Å². The quantitative estimate of drug-likeness (QED) is 0.786. The van der Waals surface area contributed by atoms with Gasteiger partial charge in [0, 0.05) is 5.25 Å². The Labute approximate surface area is 138 Å². The number of hydrogen-bond acceptors (Lipinski definition) is 6. The third-order valence-corrected chi connectivity index (χ3v) is 6.65.